The molecule has 0 saturated carbocycles. The van der Waals surface area contributed by atoms with E-state index in [2.05, 4.69) is 0 Å². The first-order chi connectivity index (χ1) is 9.76. The van der Waals surface area contributed by atoms with Gasteiger partial charge in [0.25, 0.3) is 0 Å². The van der Waals surface area contributed by atoms with E-state index in [0.29, 0.717) is 0 Å². The molecule has 5 heteroatoms. The first-order valence-electron chi connectivity index (χ1n) is 7.06. The zero-order valence-electron chi connectivity index (χ0n) is 14.6. The molecule has 0 amide bonds. The van der Waals surface area contributed by atoms with E-state index in [0.717, 1.165) is 36.0 Å². The minimum absolute atomic E-state index is 0. The number of ether oxygens (including phenoxy) is 1. The molecular formula is C17H21NaO4. The normalized spacial score (nSPS) is 15.7. The number of rotatable bonds is 2. The summed E-state index contributed by atoms with van der Waals surface area (Å²) in [7, 11) is 0. The van der Waals surface area contributed by atoms with Gasteiger partial charge in [-0.15, -0.1) is 0 Å². The Morgan fingerprint density at radius 1 is 1.27 bits per heavy atom. The number of hydrogen-bond acceptors (Lipinski definition) is 3. The van der Waals surface area contributed by atoms with Gasteiger partial charge in [0.1, 0.15) is 5.60 Å². The van der Waals surface area contributed by atoms with Crippen molar-refractivity contribution in [3.63, 3.8) is 0 Å². The van der Waals surface area contributed by atoms with Gasteiger partial charge in [-0.2, -0.15) is 0 Å². The second kappa shape index (κ2) is 7.44. The molecule has 0 heterocycles. The molecule has 2 rings (SSSR count). The van der Waals surface area contributed by atoms with Gasteiger partial charge in [-0.3, -0.25) is 0 Å². The van der Waals surface area contributed by atoms with E-state index >= 15 is 0 Å². The summed E-state index contributed by atoms with van der Waals surface area (Å²) in [5.41, 5.74) is 2.63. The Balaban J connectivity index is 0.00000242. The monoisotopic (exact) mass is 312 g/mol. The van der Waals surface area contributed by atoms with E-state index in [4.69, 9.17) is 9.84 Å². The van der Waals surface area contributed by atoms with Gasteiger partial charge in [-0.25, -0.2) is 9.59 Å². The van der Waals surface area contributed by atoms with Crippen molar-refractivity contribution in [1.82, 2.24) is 0 Å². The summed E-state index contributed by atoms with van der Waals surface area (Å²) in [5.74, 6) is -1.28. The molecule has 1 aromatic rings. The van der Waals surface area contributed by atoms with E-state index in [1.54, 1.807) is 18.2 Å². The first-order valence-corrected chi connectivity index (χ1v) is 7.06. The van der Waals surface area contributed by atoms with Crippen LogP contribution in [0.1, 0.15) is 56.5 Å². The van der Waals surface area contributed by atoms with Gasteiger partial charge in [0.2, 0.25) is 0 Å². The van der Waals surface area contributed by atoms with Gasteiger partial charge < -0.3 is 11.3 Å². The molecule has 0 radical (unpaired) electrons. The predicted octanol–water partition coefficient (Wildman–Crippen LogP) is 0.563. The quantitative estimate of drug-likeness (QED) is 0.492. The fourth-order valence-electron chi connectivity index (χ4n) is 2.47. The van der Waals surface area contributed by atoms with E-state index in [-0.39, 0.29) is 42.5 Å². The first kappa shape index (κ1) is 18.9. The van der Waals surface area contributed by atoms with Crippen LogP contribution in [0.2, 0.25) is 0 Å². The smallest absolute Gasteiger partial charge is 1.00 e. The standard InChI is InChI=1S/C17H20O4.Na.H/c1-17(2,3)21-15(18)10-12-6-4-5-11-9-13(16(19)20)7-8-14(11)12;;/h7-10H,4-6H2,1-3H3,(H,19,20);;/q;+1;-1/b12-10+;;. The molecule has 1 aliphatic carbocycles. The van der Waals surface area contributed by atoms with Crippen molar-refractivity contribution in [2.45, 2.75) is 45.6 Å². The SMILES string of the molecule is CC(C)(C)OC(=O)/C=C1\CCCc2cc(C(=O)O)ccc21.[H-].[Na+]. The number of carboxylic acids is 1. The van der Waals surface area contributed by atoms with E-state index in [1.165, 1.54) is 6.08 Å². The van der Waals surface area contributed by atoms with Crippen LogP contribution in [0, 0.1) is 0 Å². The summed E-state index contributed by atoms with van der Waals surface area (Å²) in [6, 6.07) is 5.06. The Kier molecular flexibility index (Phi) is 6.41. The molecule has 114 valence electrons. The molecule has 0 aliphatic heterocycles. The van der Waals surface area contributed by atoms with Gasteiger partial charge in [0, 0.05) is 6.08 Å². The molecule has 1 aromatic carbocycles. The zero-order valence-corrected chi connectivity index (χ0v) is 15.6. The maximum Gasteiger partial charge on any atom is 1.00 e. The number of benzene rings is 1. The van der Waals surface area contributed by atoms with Crippen molar-refractivity contribution in [3.8, 4) is 0 Å². The molecule has 0 bridgehead atoms. The van der Waals surface area contributed by atoms with Crippen LogP contribution in [0.4, 0.5) is 0 Å². The molecule has 4 nitrogen and oxygen atoms in total. The summed E-state index contributed by atoms with van der Waals surface area (Å²) in [5, 5.41) is 9.04. The third-order valence-electron chi connectivity index (χ3n) is 3.29. The van der Waals surface area contributed by atoms with Crippen LogP contribution in [0.3, 0.4) is 0 Å². The number of hydrogen-bond donors (Lipinski definition) is 1. The van der Waals surface area contributed by atoms with Crippen LogP contribution in [0.15, 0.2) is 24.3 Å². The van der Waals surface area contributed by atoms with Crippen molar-refractivity contribution < 1.29 is 50.4 Å². The van der Waals surface area contributed by atoms with Crippen LogP contribution in [-0.2, 0) is 16.0 Å². The number of fused-ring (bicyclic) bond motifs is 1. The van der Waals surface area contributed by atoms with Gasteiger partial charge in [-0.1, -0.05) is 6.07 Å². The number of carbonyl (C=O) groups excluding carboxylic acids is 1. The molecule has 1 aliphatic rings. The molecule has 0 atom stereocenters. The van der Waals surface area contributed by atoms with Gasteiger partial charge in [-0.05, 0) is 68.9 Å². The van der Waals surface area contributed by atoms with Gasteiger partial charge in [0.05, 0.1) is 5.56 Å². The summed E-state index contributed by atoms with van der Waals surface area (Å²) >= 11 is 0. The molecule has 1 N–H and O–H groups in total. The average molecular weight is 312 g/mol. The molecule has 0 spiro atoms. The Labute approximate surface area is 154 Å². The average Bonchev–Trinajstić information content (AvgIpc) is 2.36. The largest absolute Gasteiger partial charge is 1.00 e. The fraction of sp³-hybridized carbons (Fsp3) is 0.412. The minimum Gasteiger partial charge on any atom is -1.00 e. The summed E-state index contributed by atoms with van der Waals surface area (Å²) in [6.07, 6.45) is 4.08. The molecule has 0 fully saturated rings. The minimum atomic E-state index is -0.930. The number of carboxylic acid groups (broad SMARTS) is 1. The van der Waals surface area contributed by atoms with E-state index in [1.807, 2.05) is 20.8 Å². The molecular weight excluding hydrogens is 291 g/mol. The topological polar surface area (TPSA) is 63.6 Å². The van der Waals surface area contributed by atoms with Crippen LogP contribution in [0.5, 0.6) is 0 Å². The number of esters is 1. The maximum atomic E-state index is 11.9. The summed E-state index contributed by atoms with van der Waals surface area (Å²) in [6.45, 7) is 5.49. The predicted molar refractivity (Wildman–Crippen MR) is 81.3 cm³/mol. The van der Waals surface area contributed by atoms with Crippen molar-refractivity contribution >= 4 is 17.5 Å². The van der Waals surface area contributed by atoms with Crippen molar-refractivity contribution in [1.29, 1.82) is 0 Å². The molecule has 0 saturated heterocycles. The second-order valence-corrected chi connectivity index (χ2v) is 6.23. The number of allylic oxidation sites excluding steroid dienone is 1. The Morgan fingerprint density at radius 2 is 1.95 bits per heavy atom. The maximum absolute atomic E-state index is 11.9. The van der Waals surface area contributed by atoms with Crippen LogP contribution >= 0.6 is 0 Å². The summed E-state index contributed by atoms with van der Waals surface area (Å²) < 4.78 is 5.31. The molecule has 22 heavy (non-hydrogen) atoms. The second-order valence-electron chi connectivity index (χ2n) is 6.23. The molecule has 0 unspecified atom stereocenters. The van der Waals surface area contributed by atoms with E-state index in [9.17, 15) is 9.59 Å². The Morgan fingerprint density at radius 3 is 2.55 bits per heavy atom. The van der Waals surface area contributed by atoms with E-state index < -0.39 is 11.6 Å². The molecule has 0 aromatic heterocycles. The number of aromatic carboxylic acids is 1. The number of aryl methyl sites for hydroxylation is 1. The van der Waals surface area contributed by atoms with Crippen LogP contribution in [0.25, 0.3) is 5.57 Å². The Hall–Kier alpha value is -1.10. The van der Waals surface area contributed by atoms with Gasteiger partial charge in [0.15, 0.2) is 0 Å². The number of carbonyl (C=O) groups is 2. The fourth-order valence-corrected chi connectivity index (χ4v) is 2.47. The third-order valence-corrected chi connectivity index (χ3v) is 3.29. The Bertz CT molecular complexity index is 618. The zero-order chi connectivity index (χ0) is 15.6. The third kappa shape index (κ3) is 4.97. The van der Waals surface area contributed by atoms with Crippen molar-refractivity contribution in [2.75, 3.05) is 0 Å². The van der Waals surface area contributed by atoms with Gasteiger partial charge >= 0.3 is 41.5 Å². The van der Waals surface area contributed by atoms with Crippen molar-refractivity contribution in [3.05, 3.63) is 41.0 Å². The van der Waals surface area contributed by atoms with Crippen LogP contribution in [-0.4, -0.2) is 22.6 Å². The van der Waals surface area contributed by atoms with Crippen molar-refractivity contribution in [2.24, 2.45) is 0 Å². The summed E-state index contributed by atoms with van der Waals surface area (Å²) in [4.78, 5) is 22.9. The van der Waals surface area contributed by atoms with Crippen LogP contribution < -0.4 is 29.6 Å².